The van der Waals surface area contributed by atoms with Crippen molar-refractivity contribution in [2.45, 2.75) is 46.2 Å². The minimum Gasteiger partial charge on any atom is -0.357 e. The summed E-state index contributed by atoms with van der Waals surface area (Å²) in [4.78, 5) is 6.80. The normalized spacial score (nSPS) is 14.4. The van der Waals surface area contributed by atoms with Crippen LogP contribution in [0.1, 0.15) is 45.7 Å². The monoisotopic (exact) mass is 235 g/mol. The zero-order valence-corrected chi connectivity index (χ0v) is 11.7. The number of hydrogen-bond acceptors (Lipinski definition) is 3. The van der Waals surface area contributed by atoms with E-state index in [1.165, 1.54) is 5.56 Å². The lowest BCUT2D eigenvalue weighted by Crippen LogP contribution is -2.31. The minimum absolute atomic E-state index is 0.343. The Labute approximate surface area is 105 Å². The van der Waals surface area contributed by atoms with Crippen molar-refractivity contribution >= 4 is 5.82 Å². The maximum Gasteiger partial charge on any atom is 0.133 e. The molecule has 1 aromatic rings. The first-order chi connectivity index (χ1) is 8.11. The Morgan fingerprint density at radius 1 is 1.35 bits per heavy atom. The molecule has 1 rings (SSSR count). The van der Waals surface area contributed by atoms with E-state index in [4.69, 9.17) is 0 Å². The maximum atomic E-state index is 4.54. The molecule has 3 nitrogen and oxygen atoms in total. The van der Waals surface area contributed by atoms with Crippen LogP contribution in [0.2, 0.25) is 0 Å². The van der Waals surface area contributed by atoms with Gasteiger partial charge in [-0.1, -0.05) is 19.9 Å². The average molecular weight is 235 g/mol. The molecular formula is C14H25N3. The van der Waals surface area contributed by atoms with Gasteiger partial charge in [-0.15, -0.1) is 0 Å². The molecule has 1 aromatic heterocycles. The van der Waals surface area contributed by atoms with Gasteiger partial charge in [0.05, 0.1) is 0 Å². The summed E-state index contributed by atoms with van der Waals surface area (Å²) in [6.45, 7) is 9.73. The fourth-order valence-corrected chi connectivity index (χ4v) is 1.94. The van der Waals surface area contributed by atoms with Crippen molar-refractivity contribution in [2.24, 2.45) is 0 Å². The van der Waals surface area contributed by atoms with E-state index in [1.54, 1.807) is 0 Å². The third-order valence-electron chi connectivity index (χ3n) is 3.38. The van der Waals surface area contributed by atoms with Gasteiger partial charge in [-0.05, 0) is 32.9 Å². The summed E-state index contributed by atoms with van der Waals surface area (Å²) in [7, 11) is 2.12. The number of anilines is 1. The molecule has 96 valence electrons. The highest BCUT2D eigenvalue weighted by molar-refractivity contribution is 5.48. The predicted octanol–water partition coefficient (Wildman–Crippen LogP) is 2.99. The second-order valence-corrected chi connectivity index (χ2v) is 4.56. The van der Waals surface area contributed by atoms with Crippen LogP contribution >= 0.6 is 0 Å². The van der Waals surface area contributed by atoms with E-state index in [0.717, 1.165) is 18.8 Å². The van der Waals surface area contributed by atoms with Gasteiger partial charge in [-0.2, -0.15) is 0 Å². The van der Waals surface area contributed by atoms with Gasteiger partial charge in [0.25, 0.3) is 0 Å². The standard InChI is InChI=1S/C14H25N3/c1-6-11(3)17(5)14-13(9-8-10-16-14)12(4)15-7-2/h8-12,15H,6-7H2,1-5H3. The van der Waals surface area contributed by atoms with Crippen LogP contribution in [0.5, 0.6) is 0 Å². The van der Waals surface area contributed by atoms with E-state index in [1.807, 2.05) is 12.3 Å². The molecule has 0 saturated heterocycles. The summed E-state index contributed by atoms with van der Waals surface area (Å²) in [5.74, 6) is 1.09. The topological polar surface area (TPSA) is 28.2 Å². The smallest absolute Gasteiger partial charge is 0.133 e. The first-order valence-corrected chi connectivity index (χ1v) is 6.52. The average Bonchev–Trinajstić information content (AvgIpc) is 2.37. The van der Waals surface area contributed by atoms with Gasteiger partial charge in [0.1, 0.15) is 5.82 Å². The van der Waals surface area contributed by atoms with Crippen molar-refractivity contribution < 1.29 is 0 Å². The van der Waals surface area contributed by atoms with Crippen LogP contribution in [0, 0.1) is 0 Å². The van der Waals surface area contributed by atoms with Crippen molar-refractivity contribution in [1.29, 1.82) is 0 Å². The molecule has 3 heteroatoms. The number of hydrogen-bond donors (Lipinski definition) is 1. The SMILES string of the molecule is CCNC(C)c1cccnc1N(C)C(C)CC. The number of nitrogens with zero attached hydrogens (tertiary/aromatic N) is 2. The van der Waals surface area contributed by atoms with Gasteiger partial charge in [-0.3, -0.25) is 0 Å². The Kier molecular flexibility index (Phi) is 5.42. The van der Waals surface area contributed by atoms with Gasteiger partial charge in [0, 0.05) is 30.9 Å². The largest absolute Gasteiger partial charge is 0.357 e. The van der Waals surface area contributed by atoms with Crippen LogP contribution < -0.4 is 10.2 Å². The summed E-state index contributed by atoms with van der Waals surface area (Å²) in [6.07, 6.45) is 3.00. The zero-order chi connectivity index (χ0) is 12.8. The van der Waals surface area contributed by atoms with Crippen LogP contribution in [0.15, 0.2) is 18.3 Å². The summed E-state index contributed by atoms with van der Waals surface area (Å²) in [5.41, 5.74) is 1.28. The Bertz CT molecular complexity index is 338. The molecule has 0 spiro atoms. The molecule has 0 saturated carbocycles. The fourth-order valence-electron chi connectivity index (χ4n) is 1.94. The number of aromatic nitrogens is 1. The molecular weight excluding hydrogens is 210 g/mol. The van der Waals surface area contributed by atoms with Gasteiger partial charge in [-0.25, -0.2) is 4.98 Å². The van der Waals surface area contributed by atoms with Gasteiger partial charge >= 0.3 is 0 Å². The first kappa shape index (κ1) is 14.0. The van der Waals surface area contributed by atoms with E-state index >= 15 is 0 Å². The van der Waals surface area contributed by atoms with E-state index < -0.39 is 0 Å². The van der Waals surface area contributed by atoms with E-state index in [-0.39, 0.29) is 0 Å². The first-order valence-electron chi connectivity index (χ1n) is 6.52. The molecule has 1 N–H and O–H groups in total. The van der Waals surface area contributed by atoms with Crippen molar-refractivity contribution in [3.8, 4) is 0 Å². The molecule has 0 bridgehead atoms. The van der Waals surface area contributed by atoms with Crippen LogP contribution in [-0.2, 0) is 0 Å². The van der Waals surface area contributed by atoms with Gasteiger partial charge in [0.15, 0.2) is 0 Å². The van der Waals surface area contributed by atoms with Crippen molar-refractivity contribution in [1.82, 2.24) is 10.3 Å². The molecule has 2 atom stereocenters. The Hall–Kier alpha value is -1.09. The van der Waals surface area contributed by atoms with Gasteiger partial charge in [0.2, 0.25) is 0 Å². The summed E-state index contributed by atoms with van der Waals surface area (Å²) in [5, 5.41) is 3.45. The van der Waals surface area contributed by atoms with Crippen LogP contribution in [-0.4, -0.2) is 24.6 Å². The molecule has 0 aliphatic heterocycles. The third kappa shape index (κ3) is 3.43. The Morgan fingerprint density at radius 2 is 2.06 bits per heavy atom. The molecule has 0 radical (unpaired) electrons. The zero-order valence-electron chi connectivity index (χ0n) is 11.7. The molecule has 0 aliphatic rings. The van der Waals surface area contributed by atoms with Gasteiger partial charge < -0.3 is 10.2 Å². The molecule has 17 heavy (non-hydrogen) atoms. The van der Waals surface area contributed by atoms with Crippen LogP contribution in [0.25, 0.3) is 0 Å². The van der Waals surface area contributed by atoms with E-state index in [0.29, 0.717) is 12.1 Å². The Morgan fingerprint density at radius 3 is 2.65 bits per heavy atom. The molecule has 2 unspecified atom stereocenters. The lowest BCUT2D eigenvalue weighted by Gasteiger charge is -2.28. The molecule has 0 fully saturated rings. The highest BCUT2D eigenvalue weighted by Gasteiger charge is 2.16. The van der Waals surface area contributed by atoms with Crippen molar-refractivity contribution in [2.75, 3.05) is 18.5 Å². The second kappa shape index (κ2) is 6.60. The molecule has 0 aliphatic carbocycles. The van der Waals surface area contributed by atoms with Crippen molar-refractivity contribution in [3.63, 3.8) is 0 Å². The maximum absolute atomic E-state index is 4.54. The second-order valence-electron chi connectivity index (χ2n) is 4.56. The molecule has 0 amide bonds. The van der Waals surface area contributed by atoms with E-state index in [9.17, 15) is 0 Å². The third-order valence-corrected chi connectivity index (χ3v) is 3.38. The molecule has 1 heterocycles. The summed E-state index contributed by atoms with van der Waals surface area (Å²) < 4.78 is 0. The van der Waals surface area contributed by atoms with E-state index in [2.05, 4.69) is 56.0 Å². The summed E-state index contributed by atoms with van der Waals surface area (Å²) in [6, 6.07) is 5.03. The lowest BCUT2D eigenvalue weighted by atomic mass is 10.1. The van der Waals surface area contributed by atoms with Crippen molar-refractivity contribution in [3.05, 3.63) is 23.9 Å². The highest BCUT2D eigenvalue weighted by atomic mass is 15.2. The highest BCUT2D eigenvalue weighted by Crippen LogP contribution is 2.24. The minimum atomic E-state index is 0.343. The fraction of sp³-hybridized carbons (Fsp3) is 0.643. The molecule has 0 aromatic carbocycles. The number of nitrogens with one attached hydrogen (secondary N) is 1. The van der Waals surface area contributed by atoms with Crippen LogP contribution in [0.4, 0.5) is 5.82 Å². The predicted molar refractivity (Wildman–Crippen MR) is 74.5 cm³/mol. The summed E-state index contributed by atoms with van der Waals surface area (Å²) >= 11 is 0. The number of pyridine rings is 1. The lowest BCUT2D eigenvalue weighted by molar-refractivity contribution is 0.586. The Balaban J connectivity index is 2.98. The quantitative estimate of drug-likeness (QED) is 0.821. The van der Waals surface area contributed by atoms with Crippen LogP contribution in [0.3, 0.4) is 0 Å². The number of rotatable bonds is 6.